The van der Waals surface area contributed by atoms with E-state index in [2.05, 4.69) is 81.8 Å². The molecule has 2 aromatic heterocycles. The Morgan fingerprint density at radius 2 is 1.12 bits per heavy atom. The summed E-state index contributed by atoms with van der Waals surface area (Å²) in [5, 5.41) is 0. The van der Waals surface area contributed by atoms with Crippen molar-refractivity contribution in [3.8, 4) is 17.1 Å². The second-order valence-corrected chi connectivity index (χ2v) is 9.01. The minimum atomic E-state index is -3.08. The minimum Gasteiger partial charge on any atom is -0.522 e. The number of rotatable bonds is 2. The van der Waals surface area contributed by atoms with Gasteiger partial charge in [0.05, 0.1) is 18.5 Å². The molecule has 0 aliphatic rings. The molecular formula is C26H31F3N2OPd. The molecule has 0 aliphatic carbocycles. The van der Waals surface area contributed by atoms with E-state index >= 15 is 0 Å². The van der Waals surface area contributed by atoms with E-state index in [9.17, 15) is 13.2 Å². The Hall–Kier alpha value is -2.23. The Morgan fingerprint density at radius 3 is 1.39 bits per heavy atom. The predicted molar refractivity (Wildman–Crippen MR) is 123 cm³/mol. The van der Waals surface area contributed by atoms with Crippen LogP contribution in [0.25, 0.3) is 11.4 Å². The van der Waals surface area contributed by atoms with Crippen molar-refractivity contribution in [1.29, 1.82) is 0 Å². The maximum Gasteiger partial charge on any atom is 2.00 e. The van der Waals surface area contributed by atoms with Crippen molar-refractivity contribution in [3.05, 3.63) is 84.8 Å². The molecule has 0 radical (unpaired) electrons. The topological polar surface area (TPSA) is 35.0 Å². The van der Waals surface area contributed by atoms with E-state index in [4.69, 9.17) is 4.74 Å². The molecule has 182 valence electrons. The smallest absolute Gasteiger partial charge is 0.522 e. The molecule has 3 aromatic rings. The molecule has 0 saturated heterocycles. The van der Waals surface area contributed by atoms with E-state index in [1.807, 2.05) is 36.7 Å². The second kappa shape index (κ2) is 14.1. The summed E-state index contributed by atoms with van der Waals surface area (Å²) in [5.74, 6) is 0.878. The third kappa shape index (κ3) is 12.0. The Kier molecular flexibility index (Phi) is 13.2. The predicted octanol–water partition coefficient (Wildman–Crippen LogP) is 7.57. The SMILES string of the molecule is CC(C)(C)c1ccnc(-c2cc(C(C)(C)C)ccn2)c1.COc1cc[c-]cc1.F[C-](F)F.[Pd+2]. The number of aromatic nitrogens is 2. The third-order valence-electron chi connectivity index (χ3n) is 4.44. The third-order valence-corrected chi connectivity index (χ3v) is 4.44. The number of benzene rings is 1. The van der Waals surface area contributed by atoms with Gasteiger partial charge in [-0.05, 0) is 46.2 Å². The minimum absolute atomic E-state index is 0. The van der Waals surface area contributed by atoms with Crippen molar-refractivity contribution in [2.45, 2.75) is 52.4 Å². The van der Waals surface area contributed by atoms with Gasteiger partial charge in [-0.25, -0.2) is 0 Å². The zero-order valence-corrected chi connectivity index (χ0v) is 21.6. The zero-order chi connectivity index (χ0) is 24.4. The van der Waals surface area contributed by atoms with Crippen LogP contribution in [0.15, 0.2) is 60.9 Å². The van der Waals surface area contributed by atoms with Gasteiger partial charge in [0.15, 0.2) is 6.68 Å². The number of nitrogens with zero attached hydrogens (tertiary/aromatic N) is 2. The maximum absolute atomic E-state index is 9.58. The number of halogens is 3. The van der Waals surface area contributed by atoms with Crippen LogP contribution in [0, 0.1) is 12.7 Å². The summed E-state index contributed by atoms with van der Waals surface area (Å²) >= 11 is 0. The fourth-order valence-corrected chi connectivity index (χ4v) is 2.58. The first-order valence-corrected chi connectivity index (χ1v) is 10.1. The van der Waals surface area contributed by atoms with Crippen LogP contribution in [0.1, 0.15) is 52.7 Å². The number of methoxy groups -OCH3 is 1. The fraction of sp³-hybridized carbons (Fsp3) is 0.346. The summed E-state index contributed by atoms with van der Waals surface area (Å²) in [5.41, 5.74) is 4.71. The van der Waals surface area contributed by atoms with Crippen LogP contribution in [-0.4, -0.2) is 17.1 Å². The van der Waals surface area contributed by atoms with Crippen molar-refractivity contribution in [1.82, 2.24) is 9.97 Å². The summed E-state index contributed by atoms with van der Waals surface area (Å²) < 4.78 is 33.6. The van der Waals surface area contributed by atoms with Gasteiger partial charge in [0, 0.05) is 18.1 Å². The van der Waals surface area contributed by atoms with E-state index in [1.54, 1.807) is 7.11 Å². The standard InChI is InChI=1S/C18H24N2.C7H7O.CF3.Pd/c1-17(2,3)13-7-9-19-15(11-13)16-12-14(8-10-20-16)18(4,5)6;1-8-7-5-3-2-4-6-7;2-1(3)4;/h7-12H,1-6H3;3-6H,1H3;;/q;2*-1;+2. The molecule has 33 heavy (non-hydrogen) atoms. The van der Waals surface area contributed by atoms with Crippen molar-refractivity contribution in [2.24, 2.45) is 0 Å². The molecule has 0 atom stereocenters. The molecule has 0 spiro atoms. The maximum atomic E-state index is 9.58. The summed E-state index contributed by atoms with van der Waals surface area (Å²) in [6.45, 7) is 10.2. The van der Waals surface area contributed by atoms with Crippen LogP contribution >= 0.6 is 0 Å². The molecule has 0 amide bonds. The van der Waals surface area contributed by atoms with Crippen molar-refractivity contribution in [3.63, 3.8) is 0 Å². The van der Waals surface area contributed by atoms with Gasteiger partial charge in [0.1, 0.15) is 0 Å². The van der Waals surface area contributed by atoms with Crippen molar-refractivity contribution in [2.75, 3.05) is 7.11 Å². The monoisotopic (exact) mass is 550 g/mol. The molecule has 2 heterocycles. The molecule has 7 heteroatoms. The van der Waals surface area contributed by atoms with E-state index in [0.717, 1.165) is 17.1 Å². The number of hydrogen-bond acceptors (Lipinski definition) is 3. The van der Waals surface area contributed by atoms with E-state index in [-0.39, 0.29) is 31.3 Å². The van der Waals surface area contributed by atoms with Crippen LogP contribution in [0.4, 0.5) is 13.2 Å². The van der Waals surface area contributed by atoms with Gasteiger partial charge in [-0.1, -0.05) is 41.5 Å². The normalized spacial score (nSPS) is 10.8. The Labute approximate surface area is 209 Å². The van der Waals surface area contributed by atoms with E-state index in [0.29, 0.717) is 0 Å². The van der Waals surface area contributed by atoms with E-state index < -0.39 is 6.68 Å². The van der Waals surface area contributed by atoms with Crippen LogP contribution < -0.4 is 4.74 Å². The van der Waals surface area contributed by atoms with Gasteiger partial charge in [0.25, 0.3) is 0 Å². The zero-order valence-electron chi connectivity index (χ0n) is 20.0. The molecule has 1 aromatic carbocycles. The van der Waals surface area contributed by atoms with Crippen molar-refractivity contribution >= 4 is 0 Å². The van der Waals surface area contributed by atoms with Gasteiger partial charge in [-0.3, -0.25) is 9.97 Å². The number of ether oxygens (including phenoxy) is 1. The Bertz CT molecular complexity index is 882. The largest absolute Gasteiger partial charge is 2.00 e. The molecule has 0 N–H and O–H groups in total. The first-order valence-electron chi connectivity index (χ1n) is 10.1. The van der Waals surface area contributed by atoms with E-state index in [1.165, 1.54) is 11.1 Å². The number of pyridine rings is 2. The van der Waals surface area contributed by atoms with Gasteiger partial charge in [0.2, 0.25) is 0 Å². The van der Waals surface area contributed by atoms with Crippen LogP contribution in [0.3, 0.4) is 0 Å². The average molecular weight is 551 g/mol. The van der Waals surface area contributed by atoms with Gasteiger partial charge < -0.3 is 17.9 Å². The average Bonchev–Trinajstić information content (AvgIpc) is 2.73. The van der Waals surface area contributed by atoms with Crippen molar-refractivity contribution < 1.29 is 38.3 Å². The summed E-state index contributed by atoms with van der Waals surface area (Å²) in [4.78, 5) is 8.97. The summed E-state index contributed by atoms with van der Waals surface area (Å²) in [7, 11) is 1.65. The molecule has 0 fully saturated rings. The van der Waals surface area contributed by atoms with Crippen LogP contribution in [0.5, 0.6) is 5.75 Å². The Morgan fingerprint density at radius 1 is 0.758 bits per heavy atom. The molecule has 3 rings (SSSR count). The van der Waals surface area contributed by atoms with Crippen LogP contribution in [0.2, 0.25) is 0 Å². The van der Waals surface area contributed by atoms with Crippen LogP contribution in [-0.2, 0) is 31.3 Å². The van der Waals surface area contributed by atoms with Gasteiger partial charge >= 0.3 is 20.4 Å². The first kappa shape index (κ1) is 30.8. The Balaban J connectivity index is 0.000000652. The van der Waals surface area contributed by atoms with Gasteiger partial charge in [-0.15, -0.1) is 12.1 Å². The fourth-order valence-electron chi connectivity index (χ4n) is 2.58. The molecule has 3 nitrogen and oxygen atoms in total. The summed E-state index contributed by atoms with van der Waals surface area (Å²) in [6, 6.07) is 18.7. The molecular weight excluding hydrogens is 520 g/mol. The second-order valence-electron chi connectivity index (χ2n) is 9.01. The first-order chi connectivity index (χ1) is 14.8. The number of hydrogen-bond donors (Lipinski definition) is 0. The van der Waals surface area contributed by atoms with Gasteiger partial charge in [-0.2, -0.15) is 18.2 Å². The molecule has 0 bridgehead atoms. The molecule has 0 unspecified atom stereocenters. The quantitative estimate of drug-likeness (QED) is 0.244. The molecule has 0 saturated carbocycles. The summed E-state index contributed by atoms with van der Waals surface area (Å²) in [6.07, 6.45) is 3.75. The molecule has 0 aliphatic heterocycles.